The van der Waals surface area contributed by atoms with Gasteiger partial charge in [-0.1, -0.05) is 44.2 Å². The van der Waals surface area contributed by atoms with Crippen LogP contribution in [0.3, 0.4) is 0 Å². The normalized spacial score (nSPS) is 15.4. The third-order valence-corrected chi connectivity index (χ3v) is 5.16. The second-order valence-corrected chi connectivity index (χ2v) is 7.69. The van der Waals surface area contributed by atoms with Gasteiger partial charge >= 0.3 is 0 Å². The van der Waals surface area contributed by atoms with E-state index in [9.17, 15) is 0 Å². The molecular weight excluding hydrogens is 322 g/mol. The van der Waals surface area contributed by atoms with Gasteiger partial charge in [0.1, 0.15) is 12.0 Å². The van der Waals surface area contributed by atoms with Gasteiger partial charge in [0.15, 0.2) is 11.6 Å². The van der Waals surface area contributed by atoms with Crippen molar-refractivity contribution in [2.75, 3.05) is 35.6 Å². The number of nitrogens with two attached hydrogens (primary N) is 1. The van der Waals surface area contributed by atoms with Crippen molar-refractivity contribution >= 4 is 17.3 Å². The third kappa shape index (κ3) is 4.87. The molecule has 2 heterocycles. The molecule has 0 amide bonds. The molecule has 0 spiro atoms. The fourth-order valence-electron chi connectivity index (χ4n) is 3.55. The van der Waals surface area contributed by atoms with E-state index in [0.717, 1.165) is 50.0 Å². The van der Waals surface area contributed by atoms with Crippen LogP contribution in [0.4, 0.5) is 17.3 Å². The van der Waals surface area contributed by atoms with Gasteiger partial charge in [-0.2, -0.15) is 0 Å². The summed E-state index contributed by atoms with van der Waals surface area (Å²) >= 11 is 0. The molecule has 140 valence electrons. The Kier molecular flexibility index (Phi) is 6.31. The van der Waals surface area contributed by atoms with Crippen LogP contribution >= 0.6 is 0 Å². The molecule has 5 heteroatoms. The zero-order valence-corrected chi connectivity index (χ0v) is 16.0. The standard InChI is InChI=1S/C21H31N5/c1-16(2)8-11-23-20-19(22)21(25-15-24-20)26-12-9-18(10-13-26)14-17-6-4-3-5-7-17/h3-7,15-16,18H,8-14,22H2,1-2H3,(H,23,24,25). The van der Waals surface area contributed by atoms with Crippen molar-refractivity contribution in [2.24, 2.45) is 11.8 Å². The number of piperidine rings is 1. The van der Waals surface area contributed by atoms with Crippen molar-refractivity contribution in [1.82, 2.24) is 9.97 Å². The van der Waals surface area contributed by atoms with Gasteiger partial charge in [0, 0.05) is 19.6 Å². The van der Waals surface area contributed by atoms with Gasteiger partial charge in [0.05, 0.1) is 0 Å². The number of aromatic nitrogens is 2. The fourth-order valence-corrected chi connectivity index (χ4v) is 3.55. The summed E-state index contributed by atoms with van der Waals surface area (Å²) in [5, 5.41) is 3.36. The maximum atomic E-state index is 6.36. The summed E-state index contributed by atoms with van der Waals surface area (Å²) in [7, 11) is 0. The van der Waals surface area contributed by atoms with E-state index in [4.69, 9.17) is 5.73 Å². The van der Waals surface area contributed by atoms with Crippen LogP contribution < -0.4 is 16.0 Å². The van der Waals surface area contributed by atoms with Crippen molar-refractivity contribution in [3.8, 4) is 0 Å². The fraction of sp³-hybridized carbons (Fsp3) is 0.524. The van der Waals surface area contributed by atoms with Crippen LogP contribution in [0.1, 0.15) is 38.7 Å². The third-order valence-electron chi connectivity index (χ3n) is 5.16. The molecule has 5 nitrogen and oxygen atoms in total. The summed E-state index contributed by atoms with van der Waals surface area (Å²) in [6, 6.07) is 10.8. The first-order chi connectivity index (χ1) is 12.6. The number of hydrogen-bond acceptors (Lipinski definition) is 5. The van der Waals surface area contributed by atoms with Crippen molar-refractivity contribution in [2.45, 2.75) is 39.5 Å². The van der Waals surface area contributed by atoms with Gasteiger partial charge in [0.2, 0.25) is 0 Å². The smallest absolute Gasteiger partial charge is 0.157 e. The van der Waals surface area contributed by atoms with Crippen LogP contribution in [0.2, 0.25) is 0 Å². The predicted octanol–water partition coefficient (Wildman–Crippen LogP) is 3.98. The van der Waals surface area contributed by atoms with Gasteiger partial charge in [-0.05, 0) is 43.1 Å². The largest absolute Gasteiger partial charge is 0.393 e. The average molecular weight is 354 g/mol. The summed E-state index contributed by atoms with van der Waals surface area (Å²) in [4.78, 5) is 11.1. The minimum atomic E-state index is 0.661. The lowest BCUT2D eigenvalue weighted by molar-refractivity contribution is 0.402. The van der Waals surface area contributed by atoms with E-state index in [0.29, 0.717) is 11.6 Å². The number of benzene rings is 1. The molecule has 1 aromatic carbocycles. The van der Waals surface area contributed by atoms with Crippen LogP contribution in [0.25, 0.3) is 0 Å². The molecular formula is C21H31N5. The molecule has 0 bridgehead atoms. The van der Waals surface area contributed by atoms with Gasteiger partial charge in [-0.15, -0.1) is 0 Å². The van der Waals surface area contributed by atoms with E-state index < -0.39 is 0 Å². The number of anilines is 3. The molecule has 2 aromatic rings. The summed E-state index contributed by atoms with van der Waals surface area (Å²) in [5.41, 5.74) is 8.47. The molecule has 1 aliphatic heterocycles. The molecule has 0 aliphatic carbocycles. The molecule has 1 aliphatic rings. The van der Waals surface area contributed by atoms with E-state index in [1.54, 1.807) is 6.33 Å². The highest BCUT2D eigenvalue weighted by Crippen LogP contribution is 2.30. The number of nitrogen functional groups attached to an aromatic ring is 1. The quantitative estimate of drug-likeness (QED) is 0.788. The Balaban J connectivity index is 1.57. The first-order valence-electron chi connectivity index (χ1n) is 9.76. The van der Waals surface area contributed by atoms with E-state index in [1.165, 1.54) is 18.4 Å². The van der Waals surface area contributed by atoms with E-state index >= 15 is 0 Å². The number of hydrogen-bond donors (Lipinski definition) is 2. The van der Waals surface area contributed by atoms with Gasteiger partial charge in [0.25, 0.3) is 0 Å². The van der Waals surface area contributed by atoms with Crippen LogP contribution in [-0.4, -0.2) is 29.6 Å². The molecule has 0 radical (unpaired) electrons. The SMILES string of the molecule is CC(C)CCNc1ncnc(N2CCC(Cc3ccccc3)CC2)c1N. The summed E-state index contributed by atoms with van der Waals surface area (Å²) in [6.07, 6.45) is 6.24. The molecule has 0 unspecified atom stereocenters. The topological polar surface area (TPSA) is 67.1 Å². The highest BCUT2D eigenvalue weighted by Gasteiger charge is 2.23. The molecule has 0 atom stereocenters. The molecule has 3 rings (SSSR count). The Morgan fingerprint density at radius 2 is 1.88 bits per heavy atom. The van der Waals surface area contributed by atoms with Crippen molar-refractivity contribution in [3.05, 3.63) is 42.2 Å². The highest BCUT2D eigenvalue weighted by molar-refractivity contribution is 5.74. The van der Waals surface area contributed by atoms with E-state index in [2.05, 4.69) is 64.4 Å². The average Bonchev–Trinajstić information content (AvgIpc) is 2.65. The Hall–Kier alpha value is -2.30. The van der Waals surface area contributed by atoms with E-state index in [-0.39, 0.29) is 0 Å². The number of nitrogens with one attached hydrogen (secondary N) is 1. The van der Waals surface area contributed by atoms with Gasteiger partial charge in [-0.25, -0.2) is 9.97 Å². The van der Waals surface area contributed by atoms with Crippen molar-refractivity contribution in [1.29, 1.82) is 0 Å². The van der Waals surface area contributed by atoms with Crippen LogP contribution in [0.5, 0.6) is 0 Å². The molecule has 26 heavy (non-hydrogen) atoms. The van der Waals surface area contributed by atoms with E-state index in [1.807, 2.05) is 0 Å². The minimum absolute atomic E-state index is 0.661. The zero-order chi connectivity index (χ0) is 18.4. The minimum Gasteiger partial charge on any atom is -0.393 e. The van der Waals surface area contributed by atoms with Crippen molar-refractivity contribution < 1.29 is 0 Å². The summed E-state index contributed by atoms with van der Waals surface area (Å²) in [6.45, 7) is 7.33. The molecule has 0 saturated carbocycles. The lowest BCUT2D eigenvalue weighted by Crippen LogP contribution is -2.35. The van der Waals surface area contributed by atoms with Gasteiger partial charge in [-0.3, -0.25) is 0 Å². The number of nitrogens with zero attached hydrogens (tertiary/aromatic N) is 3. The first-order valence-corrected chi connectivity index (χ1v) is 9.76. The summed E-state index contributed by atoms with van der Waals surface area (Å²) in [5.74, 6) is 3.04. The lowest BCUT2D eigenvalue weighted by atomic mass is 9.90. The Labute approximate surface area is 157 Å². The molecule has 1 aromatic heterocycles. The monoisotopic (exact) mass is 353 g/mol. The van der Waals surface area contributed by atoms with Crippen molar-refractivity contribution in [3.63, 3.8) is 0 Å². The lowest BCUT2D eigenvalue weighted by Gasteiger charge is -2.33. The first kappa shape index (κ1) is 18.5. The van der Waals surface area contributed by atoms with Crippen LogP contribution in [0.15, 0.2) is 36.7 Å². The second kappa shape index (κ2) is 8.88. The molecule has 1 fully saturated rings. The number of rotatable bonds is 7. The predicted molar refractivity (Wildman–Crippen MR) is 109 cm³/mol. The maximum Gasteiger partial charge on any atom is 0.157 e. The zero-order valence-electron chi connectivity index (χ0n) is 16.0. The van der Waals surface area contributed by atoms with Crippen LogP contribution in [0, 0.1) is 11.8 Å². The summed E-state index contributed by atoms with van der Waals surface area (Å²) < 4.78 is 0. The molecule has 3 N–H and O–H groups in total. The Morgan fingerprint density at radius 3 is 2.58 bits per heavy atom. The van der Waals surface area contributed by atoms with Gasteiger partial charge < -0.3 is 16.0 Å². The maximum absolute atomic E-state index is 6.36. The highest BCUT2D eigenvalue weighted by atomic mass is 15.2. The molecule has 1 saturated heterocycles. The second-order valence-electron chi connectivity index (χ2n) is 7.69. The van der Waals surface area contributed by atoms with Crippen LogP contribution in [-0.2, 0) is 6.42 Å². The Bertz CT molecular complexity index is 678. The Morgan fingerprint density at radius 1 is 1.15 bits per heavy atom.